The fraction of sp³-hybridized carbons (Fsp3) is 0.0938. The summed E-state index contributed by atoms with van der Waals surface area (Å²) in [6, 6.07) is 33.7. The Morgan fingerprint density at radius 3 is 2.31 bits per heavy atom. The van der Waals surface area contributed by atoms with Crippen molar-refractivity contribution in [3.8, 4) is 11.1 Å². The fourth-order valence-corrected chi connectivity index (χ4v) is 5.82. The summed E-state index contributed by atoms with van der Waals surface area (Å²) >= 11 is 18.9. The summed E-state index contributed by atoms with van der Waals surface area (Å²) in [5, 5.41) is 13.3. The summed E-state index contributed by atoms with van der Waals surface area (Å²) in [7, 11) is 0. The van der Waals surface area contributed by atoms with Crippen LogP contribution in [0.2, 0.25) is 10.0 Å². The van der Waals surface area contributed by atoms with Crippen LogP contribution in [0.1, 0.15) is 29.3 Å². The lowest BCUT2D eigenvalue weighted by Crippen LogP contribution is -2.31. The maximum atomic E-state index is 6.71. The third-order valence-electron chi connectivity index (χ3n) is 6.90. The van der Waals surface area contributed by atoms with Crippen molar-refractivity contribution in [2.24, 2.45) is 5.10 Å². The first-order valence-corrected chi connectivity index (χ1v) is 13.8. The predicted octanol–water partition coefficient (Wildman–Crippen LogP) is 9.07. The van der Waals surface area contributed by atoms with E-state index in [1.165, 1.54) is 0 Å². The van der Waals surface area contributed by atoms with Gasteiger partial charge in [-0.2, -0.15) is 5.10 Å². The topological polar surface area (TPSA) is 40.5 Å². The number of nitrogens with one attached hydrogen (secondary N) is 1. The SMILES string of the molecule is Cc1nc2ccccc2c(-c2ccc(Cl)cc2)c1C1=NN(C(=S)Nc2ccccc2)[C@H](c2ccccc2Cl)C1. The molecule has 4 nitrogen and oxygen atoms in total. The Balaban J connectivity index is 1.52. The van der Waals surface area contributed by atoms with Crippen LogP contribution in [-0.4, -0.2) is 20.8 Å². The Morgan fingerprint density at radius 2 is 1.54 bits per heavy atom. The Hall–Kier alpha value is -3.77. The smallest absolute Gasteiger partial charge is 0.194 e. The van der Waals surface area contributed by atoms with Crippen LogP contribution >= 0.6 is 35.4 Å². The number of pyridine rings is 1. The van der Waals surface area contributed by atoms with Crippen LogP contribution in [0.15, 0.2) is 108 Å². The molecule has 2 heterocycles. The largest absolute Gasteiger partial charge is 0.331 e. The molecule has 0 amide bonds. The Morgan fingerprint density at radius 1 is 0.846 bits per heavy atom. The maximum absolute atomic E-state index is 6.71. The minimum Gasteiger partial charge on any atom is -0.331 e. The van der Waals surface area contributed by atoms with Crippen LogP contribution in [0.4, 0.5) is 5.69 Å². The second kappa shape index (κ2) is 10.8. The van der Waals surface area contributed by atoms with E-state index < -0.39 is 0 Å². The van der Waals surface area contributed by atoms with Gasteiger partial charge in [-0.15, -0.1) is 0 Å². The van der Waals surface area contributed by atoms with Crippen molar-refractivity contribution < 1.29 is 0 Å². The Labute approximate surface area is 242 Å². The van der Waals surface area contributed by atoms with Gasteiger partial charge in [0.05, 0.1) is 17.3 Å². The number of aromatic nitrogens is 1. The average Bonchev–Trinajstić information content (AvgIpc) is 3.38. The van der Waals surface area contributed by atoms with Gasteiger partial charge >= 0.3 is 0 Å². The molecule has 7 heteroatoms. The van der Waals surface area contributed by atoms with E-state index in [2.05, 4.69) is 11.4 Å². The minimum atomic E-state index is -0.179. The van der Waals surface area contributed by atoms with Crippen LogP contribution in [0.25, 0.3) is 22.0 Å². The minimum absolute atomic E-state index is 0.179. The van der Waals surface area contributed by atoms with E-state index in [4.69, 9.17) is 45.5 Å². The van der Waals surface area contributed by atoms with Crippen LogP contribution < -0.4 is 5.32 Å². The van der Waals surface area contributed by atoms with Gasteiger partial charge in [0.25, 0.3) is 0 Å². The van der Waals surface area contributed by atoms with Crippen molar-refractivity contribution in [3.63, 3.8) is 0 Å². The van der Waals surface area contributed by atoms with Crippen molar-refractivity contribution >= 4 is 62.8 Å². The predicted molar refractivity (Wildman–Crippen MR) is 167 cm³/mol. The summed E-state index contributed by atoms with van der Waals surface area (Å²) in [5.41, 5.74) is 7.73. The number of hydrogen-bond donors (Lipinski definition) is 1. The number of fused-ring (bicyclic) bond motifs is 1. The van der Waals surface area contributed by atoms with Gasteiger partial charge in [-0.3, -0.25) is 4.98 Å². The number of thiocarbonyl (C=S) groups is 1. The van der Waals surface area contributed by atoms with Crippen LogP contribution in [0.3, 0.4) is 0 Å². The van der Waals surface area contributed by atoms with Crippen molar-refractivity contribution in [2.45, 2.75) is 19.4 Å². The molecule has 1 aliphatic rings. The molecule has 6 rings (SSSR count). The number of hydrogen-bond acceptors (Lipinski definition) is 3. The van der Waals surface area contributed by atoms with Gasteiger partial charge in [-0.25, -0.2) is 5.01 Å². The monoisotopic (exact) mass is 566 g/mol. The van der Waals surface area contributed by atoms with Crippen molar-refractivity contribution in [3.05, 3.63) is 130 Å². The van der Waals surface area contributed by atoms with Gasteiger partial charge in [0, 0.05) is 44.4 Å². The highest BCUT2D eigenvalue weighted by atomic mass is 35.5. The lowest BCUT2D eigenvalue weighted by molar-refractivity contribution is 0.375. The molecule has 0 saturated carbocycles. The standard InChI is InChI=1S/C32H24Cl2N4S/c1-20-30(31(21-15-17-22(33)18-16-21)25-12-6-8-14-27(25)35-20)28-19-29(24-11-5-7-13-26(24)34)38(37-28)32(39)36-23-9-3-2-4-10-23/h2-18,29H,19H2,1H3,(H,36,39)/t29-/m0/s1. The molecular formula is C32H24Cl2N4S. The fourth-order valence-electron chi connectivity index (χ4n) is 5.14. The molecule has 0 fully saturated rings. The molecule has 0 aliphatic carbocycles. The highest BCUT2D eigenvalue weighted by molar-refractivity contribution is 7.80. The molecule has 0 bridgehead atoms. The third-order valence-corrected chi connectivity index (χ3v) is 7.79. The molecular weight excluding hydrogens is 543 g/mol. The van der Waals surface area contributed by atoms with Crippen LogP contribution in [0.5, 0.6) is 0 Å². The summed E-state index contributed by atoms with van der Waals surface area (Å²) in [6.45, 7) is 2.04. The van der Waals surface area contributed by atoms with E-state index in [0.717, 1.165) is 50.2 Å². The molecule has 0 saturated heterocycles. The summed E-state index contributed by atoms with van der Waals surface area (Å²) in [5.74, 6) is 0. The van der Waals surface area contributed by atoms with E-state index in [0.29, 0.717) is 21.6 Å². The lowest BCUT2D eigenvalue weighted by atomic mass is 9.89. The van der Waals surface area contributed by atoms with Crippen LogP contribution in [0, 0.1) is 6.92 Å². The number of benzene rings is 4. The lowest BCUT2D eigenvalue weighted by Gasteiger charge is -2.25. The molecule has 39 heavy (non-hydrogen) atoms. The normalized spacial score (nSPS) is 14.9. The summed E-state index contributed by atoms with van der Waals surface area (Å²) in [6.07, 6.45) is 0.613. The highest BCUT2D eigenvalue weighted by Gasteiger charge is 2.35. The number of aryl methyl sites for hydroxylation is 1. The third kappa shape index (κ3) is 5.01. The number of para-hydroxylation sites is 2. The molecule has 1 atom stereocenters. The van der Waals surface area contributed by atoms with E-state index in [9.17, 15) is 0 Å². The summed E-state index contributed by atoms with van der Waals surface area (Å²) < 4.78 is 0. The highest BCUT2D eigenvalue weighted by Crippen LogP contribution is 2.41. The molecule has 1 N–H and O–H groups in total. The van der Waals surface area contributed by atoms with Crippen molar-refractivity contribution in [1.29, 1.82) is 0 Å². The van der Waals surface area contributed by atoms with Gasteiger partial charge in [0.15, 0.2) is 5.11 Å². The van der Waals surface area contributed by atoms with Gasteiger partial charge in [0.2, 0.25) is 0 Å². The molecule has 4 aromatic carbocycles. The van der Waals surface area contributed by atoms with Gasteiger partial charge in [0.1, 0.15) is 0 Å². The second-order valence-electron chi connectivity index (χ2n) is 9.40. The average molecular weight is 568 g/mol. The van der Waals surface area contributed by atoms with E-state index in [1.54, 1.807) is 0 Å². The van der Waals surface area contributed by atoms with Gasteiger partial charge in [-0.05, 0) is 66.7 Å². The quantitative estimate of drug-likeness (QED) is 0.220. The van der Waals surface area contributed by atoms with Gasteiger partial charge < -0.3 is 5.32 Å². The Kier molecular flexibility index (Phi) is 7.05. The molecule has 1 aromatic heterocycles. The summed E-state index contributed by atoms with van der Waals surface area (Å²) in [4.78, 5) is 4.98. The zero-order chi connectivity index (χ0) is 26.9. The molecule has 0 radical (unpaired) electrons. The van der Waals surface area contributed by atoms with Crippen molar-refractivity contribution in [1.82, 2.24) is 9.99 Å². The molecule has 0 spiro atoms. The number of nitrogens with zero attached hydrogens (tertiary/aromatic N) is 3. The first-order valence-electron chi connectivity index (χ1n) is 12.6. The Bertz CT molecular complexity index is 1720. The molecule has 1 aliphatic heterocycles. The molecule has 5 aromatic rings. The molecule has 192 valence electrons. The van der Waals surface area contributed by atoms with Gasteiger partial charge in [-0.1, -0.05) is 89.9 Å². The molecule has 0 unspecified atom stereocenters. The first kappa shape index (κ1) is 25.5. The van der Waals surface area contributed by atoms with E-state index >= 15 is 0 Å². The van der Waals surface area contributed by atoms with E-state index in [-0.39, 0.29) is 6.04 Å². The van der Waals surface area contributed by atoms with Crippen LogP contribution in [-0.2, 0) is 0 Å². The maximum Gasteiger partial charge on any atom is 0.194 e. The zero-order valence-electron chi connectivity index (χ0n) is 21.1. The first-order chi connectivity index (χ1) is 19.0. The second-order valence-corrected chi connectivity index (χ2v) is 10.6. The van der Waals surface area contributed by atoms with Crippen molar-refractivity contribution in [2.75, 3.05) is 5.32 Å². The number of hydrazone groups is 1. The van der Waals surface area contributed by atoms with E-state index in [1.807, 2.05) is 109 Å². The number of halogens is 2. The zero-order valence-corrected chi connectivity index (χ0v) is 23.4. The number of rotatable bonds is 4. The number of anilines is 1.